The maximum absolute atomic E-state index is 11.3. The topological polar surface area (TPSA) is 65.0 Å². The molecule has 1 aliphatic heterocycles. The lowest BCUT2D eigenvalue weighted by Gasteiger charge is -2.17. The van der Waals surface area contributed by atoms with Crippen molar-refractivity contribution < 1.29 is 23.2 Å². The van der Waals surface area contributed by atoms with E-state index in [1.165, 1.54) is 0 Å². The van der Waals surface area contributed by atoms with Gasteiger partial charge in [-0.3, -0.25) is 9.05 Å². The molecule has 1 N–H and O–H groups in total. The second kappa shape index (κ2) is 5.81. The Morgan fingerprint density at radius 3 is 2.75 bits per heavy atom. The molecule has 0 aromatic rings. The van der Waals surface area contributed by atoms with Crippen LogP contribution < -0.4 is 0 Å². The lowest BCUT2D eigenvalue weighted by molar-refractivity contribution is 0.00576. The summed E-state index contributed by atoms with van der Waals surface area (Å²) in [5.41, 5.74) is 0. The maximum atomic E-state index is 11.3. The van der Waals surface area contributed by atoms with Gasteiger partial charge in [0.1, 0.15) is 6.61 Å². The fourth-order valence-electron chi connectivity index (χ4n) is 1.69. The Morgan fingerprint density at radius 1 is 1.56 bits per heavy atom. The molecule has 5 nitrogen and oxygen atoms in total. The summed E-state index contributed by atoms with van der Waals surface area (Å²) in [5, 5.41) is 0. The quantitative estimate of drug-likeness (QED) is 0.591. The van der Waals surface area contributed by atoms with E-state index < -0.39 is 7.82 Å². The third kappa shape index (κ3) is 4.25. The number of terminal acetylenes is 1. The highest BCUT2D eigenvalue weighted by molar-refractivity contribution is 7.47. The summed E-state index contributed by atoms with van der Waals surface area (Å²) in [7, 11) is -4.03. The highest BCUT2D eigenvalue weighted by Gasteiger charge is 2.32. The lowest BCUT2D eigenvalue weighted by atomic mass is 10.0. The van der Waals surface area contributed by atoms with Gasteiger partial charge in [0, 0.05) is 0 Å². The number of ether oxygens (including phenoxy) is 1. The summed E-state index contributed by atoms with van der Waals surface area (Å²) in [4.78, 5) is 9.22. The summed E-state index contributed by atoms with van der Waals surface area (Å²) in [5.74, 6) is 2.41. The summed E-state index contributed by atoms with van der Waals surface area (Å²) < 4.78 is 26.1. The Balaban J connectivity index is 2.34. The molecule has 1 aliphatic rings. The Hall–Kier alpha value is -0.370. The van der Waals surface area contributed by atoms with Gasteiger partial charge in [-0.05, 0) is 19.3 Å². The molecule has 0 saturated carbocycles. The molecule has 0 aromatic heterocycles. The van der Waals surface area contributed by atoms with E-state index in [-0.39, 0.29) is 25.4 Å². The normalized spacial score (nSPS) is 33.2. The van der Waals surface area contributed by atoms with Crippen molar-refractivity contribution in [3.63, 3.8) is 0 Å². The zero-order chi connectivity index (χ0) is 12.2. The van der Waals surface area contributed by atoms with E-state index in [9.17, 15) is 9.46 Å². The average Bonchev–Trinajstić information content (AvgIpc) is 2.52. The van der Waals surface area contributed by atoms with Crippen LogP contribution in [0, 0.1) is 18.3 Å². The number of hydrogen-bond donors (Lipinski definition) is 1. The zero-order valence-electron chi connectivity index (χ0n) is 9.46. The van der Waals surface area contributed by atoms with Gasteiger partial charge in [0.15, 0.2) is 0 Å². The molecule has 0 aliphatic carbocycles. The minimum absolute atomic E-state index is 0.0455. The van der Waals surface area contributed by atoms with E-state index in [1.54, 1.807) is 0 Å². The predicted molar refractivity (Wildman–Crippen MR) is 58.7 cm³/mol. The van der Waals surface area contributed by atoms with Crippen LogP contribution in [-0.2, 0) is 18.3 Å². The van der Waals surface area contributed by atoms with Crippen molar-refractivity contribution in [1.82, 2.24) is 0 Å². The van der Waals surface area contributed by atoms with Crippen LogP contribution in [0.1, 0.15) is 20.3 Å². The first-order valence-corrected chi connectivity index (χ1v) is 6.65. The average molecular weight is 248 g/mol. The molecule has 2 unspecified atom stereocenters. The molecule has 16 heavy (non-hydrogen) atoms. The fraction of sp³-hybridized carbons (Fsp3) is 0.800. The second-order valence-electron chi connectivity index (χ2n) is 3.94. The molecule has 1 fully saturated rings. The fourth-order valence-corrected chi connectivity index (χ4v) is 2.34. The van der Waals surface area contributed by atoms with E-state index >= 15 is 0 Å². The molecule has 0 spiro atoms. The van der Waals surface area contributed by atoms with Gasteiger partial charge in [-0.15, -0.1) is 6.42 Å². The predicted octanol–water partition coefficient (Wildman–Crippen LogP) is 1.57. The van der Waals surface area contributed by atoms with Gasteiger partial charge >= 0.3 is 7.82 Å². The highest BCUT2D eigenvalue weighted by Crippen LogP contribution is 2.44. The summed E-state index contributed by atoms with van der Waals surface area (Å²) in [6.45, 7) is 3.78. The molecule has 0 bridgehead atoms. The van der Waals surface area contributed by atoms with Crippen LogP contribution in [0.3, 0.4) is 0 Å². The molecule has 1 heterocycles. The monoisotopic (exact) mass is 248 g/mol. The Bertz CT molecular complexity index is 311. The minimum atomic E-state index is -4.03. The Kier molecular flexibility index (Phi) is 4.97. The molecule has 6 heteroatoms. The Labute approximate surface area is 95.7 Å². The summed E-state index contributed by atoms with van der Waals surface area (Å²) >= 11 is 0. The maximum Gasteiger partial charge on any atom is 0.473 e. The molecule has 1 saturated heterocycles. The van der Waals surface area contributed by atoms with Crippen molar-refractivity contribution in [2.24, 2.45) is 5.92 Å². The van der Waals surface area contributed by atoms with Crippen LogP contribution in [0.5, 0.6) is 0 Å². The second-order valence-corrected chi connectivity index (χ2v) is 5.39. The molecule has 0 radical (unpaired) electrons. The van der Waals surface area contributed by atoms with Gasteiger partial charge < -0.3 is 9.63 Å². The number of phosphoric acid groups is 1. The van der Waals surface area contributed by atoms with Crippen LogP contribution >= 0.6 is 7.82 Å². The van der Waals surface area contributed by atoms with Gasteiger partial charge in [0.2, 0.25) is 0 Å². The van der Waals surface area contributed by atoms with Crippen LogP contribution in [0.4, 0.5) is 0 Å². The van der Waals surface area contributed by atoms with E-state index in [4.69, 9.17) is 15.7 Å². The van der Waals surface area contributed by atoms with Crippen molar-refractivity contribution in [3.8, 4) is 12.3 Å². The largest absolute Gasteiger partial charge is 0.473 e. The molecule has 0 amide bonds. The van der Waals surface area contributed by atoms with E-state index in [0.29, 0.717) is 5.92 Å². The molecule has 4 atom stereocenters. The van der Waals surface area contributed by atoms with Crippen LogP contribution in [0.25, 0.3) is 0 Å². The molecule has 0 aromatic carbocycles. The van der Waals surface area contributed by atoms with Gasteiger partial charge in [-0.2, -0.15) is 0 Å². The van der Waals surface area contributed by atoms with Gasteiger partial charge in [-0.25, -0.2) is 4.57 Å². The highest BCUT2D eigenvalue weighted by atomic mass is 31.2. The SMILES string of the molecule is C#CCOP(=O)(O)OC[C@H]1O[C@@H](C)CC1C. The molecular formula is C10H17O5P. The molecule has 1 rings (SSSR count). The smallest absolute Gasteiger partial charge is 0.373 e. The zero-order valence-corrected chi connectivity index (χ0v) is 10.4. The van der Waals surface area contributed by atoms with Crippen molar-refractivity contribution in [3.05, 3.63) is 0 Å². The van der Waals surface area contributed by atoms with Crippen LogP contribution in [0.2, 0.25) is 0 Å². The first-order valence-electron chi connectivity index (χ1n) is 5.15. The summed E-state index contributed by atoms with van der Waals surface area (Å²) in [6, 6.07) is 0. The van der Waals surface area contributed by atoms with Crippen molar-refractivity contribution >= 4 is 7.82 Å². The first kappa shape index (κ1) is 13.7. The van der Waals surface area contributed by atoms with E-state index in [0.717, 1.165) is 6.42 Å². The number of rotatable bonds is 5. The standard InChI is InChI=1S/C10H17O5P/c1-4-5-13-16(11,12)14-7-10-8(2)6-9(3)15-10/h1,8-10H,5-7H2,2-3H3,(H,11,12)/t8?,9-,10+/m0/s1. The van der Waals surface area contributed by atoms with Crippen molar-refractivity contribution in [1.29, 1.82) is 0 Å². The van der Waals surface area contributed by atoms with Crippen LogP contribution in [-0.4, -0.2) is 30.3 Å². The van der Waals surface area contributed by atoms with Gasteiger partial charge in [0.05, 0.1) is 18.8 Å². The van der Waals surface area contributed by atoms with Crippen molar-refractivity contribution in [2.75, 3.05) is 13.2 Å². The number of hydrogen-bond acceptors (Lipinski definition) is 4. The third-order valence-electron chi connectivity index (χ3n) is 2.46. The third-order valence-corrected chi connectivity index (χ3v) is 3.39. The molecular weight excluding hydrogens is 231 g/mol. The van der Waals surface area contributed by atoms with Crippen LogP contribution in [0.15, 0.2) is 0 Å². The lowest BCUT2D eigenvalue weighted by Crippen LogP contribution is -2.20. The van der Waals surface area contributed by atoms with Crippen molar-refractivity contribution in [2.45, 2.75) is 32.5 Å². The first-order chi connectivity index (χ1) is 7.44. The summed E-state index contributed by atoms with van der Waals surface area (Å²) in [6.07, 6.45) is 5.83. The minimum Gasteiger partial charge on any atom is -0.373 e. The number of phosphoric ester groups is 1. The Morgan fingerprint density at radius 2 is 2.25 bits per heavy atom. The molecule has 92 valence electrons. The van der Waals surface area contributed by atoms with E-state index in [2.05, 4.69) is 10.4 Å². The van der Waals surface area contributed by atoms with Gasteiger partial charge in [0.25, 0.3) is 0 Å². The van der Waals surface area contributed by atoms with Gasteiger partial charge in [-0.1, -0.05) is 12.8 Å². The van der Waals surface area contributed by atoms with E-state index in [1.807, 2.05) is 13.8 Å².